The highest BCUT2D eigenvalue weighted by Gasteiger charge is 2.22. The van der Waals surface area contributed by atoms with Crippen molar-refractivity contribution >= 4 is 11.6 Å². The van der Waals surface area contributed by atoms with Gasteiger partial charge in [-0.2, -0.15) is 0 Å². The van der Waals surface area contributed by atoms with Gasteiger partial charge in [-0.3, -0.25) is 4.79 Å². The summed E-state index contributed by atoms with van der Waals surface area (Å²) in [5.74, 6) is 5.49. The topological polar surface area (TPSA) is 58.6 Å². The molecule has 0 aliphatic carbocycles. The molecule has 1 aromatic rings. The molecule has 1 saturated heterocycles. The Kier molecular flexibility index (Phi) is 5.16. The number of benzene rings is 1. The molecule has 106 valence electrons. The molecule has 1 aliphatic heterocycles. The molecular weight excluding hydrogens is 254 g/mol. The molecule has 4 heteroatoms. The van der Waals surface area contributed by atoms with Crippen molar-refractivity contribution in [3.8, 4) is 11.8 Å². The first-order chi connectivity index (χ1) is 9.70. The Labute approximate surface area is 119 Å². The van der Waals surface area contributed by atoms with Crippen LogP contribution in [0.25, 0.3) is 0 Å². The van der Waals surface area contributed by atoms with Gasteiger partial charge in [0.1, 0.15) is 6.61 Å². The number of hydrogen-bond acceptors (Lipinski definition) is 3. The zero-order chi connectivity index (χ0) is 14.4. The van der Waals surface area contributed by atoms with E-state index in [9.17, 15) is 4.79 Å². The SMILES string of the molecule is Cc1ccc(C#CCO)c(NC(=O)C2CCOCC2)c1. The normalized spacial score (nSPS) is 15.3. The second kappa shape index (κ2) is 7.09. The summed E-state index contributed by atoms with van der Waals surface area (Å²) in [5, 5.41) is 11.7. The minimum absolute atomic E-state index is 0.00270. The fourth-order valence-corrected chi connectivity index (χ4v) is 2.20. The molecule has 0 spiro atoms. The summed E-state index contributed by atoms with van der Waals surface area (Å²) in [6.45, 7) is 3.06. The van der Waals surface area contributed by atoms with Crippen molar-refractivity contribution in [3.63, 3.8) is 0 Å². The van der Waals surface area contributed by atoms with Gasteiger partial charge in [0.2, 0.25) is 5.91 Å². The lowest BCUT2D eigenvalue weighted by molar-refractivity contribution is -0.122. The molecule has 0 saturated carbocycles. The summed E-state index contributed by atoms with van der Waals surface area (Å²) in [6.07, 6.45) is 1.52. The molecule has 1 fully saturated rings. The Morgan fingerprint density at radius 1 is 1.45 bits per heavy atom. The third-order valence-electron chi connectivity index (χ3n) is 3.33. The minimum Gasteiger partial charge on any atom is -0.384 e. The molecular formula is C16H19NO3. The predicted octanol–water partition coefficient (Wildman–Crippen LogP) is 1.70. The average molecular weight is 273 g/mol. The fraction of sp³-hybridized carbons (Fsp3) is 0.438. The number of aliphatic hydroxyl groups excluding tert-OH is 1. The Bertz CT molecular complexity index is 536. The molecule has 4 nitrogen and oxygen atoms in total. The number of carbonyl (C=O) groups excluding carboxylic acids is 1. The number of carbonyl (C=O) groups is 1. The molecule has 2 rings (SSSR count). The van der Waals surface area contributed by atoms with Crippen molar-refractivity contribution in [2.45, 2.75) is 19.8 Å². The highest BCUT2D eigenvalue weighted by Crippen LogP contribution is 2.21. The minimum atomic E-state index is -0.193. The van der Waals surface area contributed by atoms with Crippen LogP contribution in [0.15, 0.2) is 18.2 Å². The third-order valence-corrected chi connectivity index (χ3v) is 3.33. The van der Waals surface area contributed by atoms with Crippen LogP contribution < -0.4 is 5.32 Å². The van der Waals surface area contributed by atoms with E-state index in [2.05, 4.69) is 17.2 Å². The summed E-state index contributed by atoms with van der Waals surface area (Å²) in [5.41, 5.74) is 2.49. The van der Waals surface area contributed by atoms with Gasteiger partial charge in [-0.15, -0.1) is 0 Å². The van der Waals surface area contributed by atoms with Crippen molar-refractivity contribution in [3.05, 3.63) is 29.3 Å². The lowest BCUT2D eigenvalue weighted by Crippen LogP contribution is -2.28. The first kappa shape index (κ1) is 14.6. The second-order valence-corrected chi connectivity index (χ2v) is 4.88. The number of aliphatic hydroxyl groups is 1. The van der Waals surface area contributed by atoms with Crippen LogP contribution in [0.2, 0.25) is 0 Å². The summed E-state index contributed by atoms with van der Waals surface area (Å²) in [4.78, 5) is 12.2. The maximum atomic E-state index is 12.2. The first-order valence-corrected chi connectivity index (χ1v) is 6.79. The van der Waals surface area contributed by atoms with Crippen LogP contribution in [-0.4, -0.2) is 30.8 Å². The van der Waals surface area contributed by atoms with Crippen molar-refractivity contribution < 1.29 is 14.6 Å². The van der Waals surface area contributed by atoms with Crippen LogP contribution in [0, 0.1) is 24.7 Å². The van der Waals surface area contributed by atoms with Crippen LogP contribution in [0.5, 0.6) is 0 Å². The fourth-order valence-electron chi connectivity index (χ4n) is 2.20. The number of ether oxygens (including phenoxy) is 1. The van der Waals surface area contributed by atoms with Gasteiger partial charge in [0, 0.05) is 24.7 Å². The largest absolute Gasteiger partial charge is 0.384 e. The summed E-state index contributed by atoms with van der Waals surface area (Å²) in [7, 11) is 0. The van der Waals surface area contributed by atoms with Crippen molar-refractivity contribution in [1.82, 2.24) is 0 Å². The van der Waals surface area contributed by atoms with Crippen LogP contribution in [0.1, 0.15) is 24.0 Å². The van der Waals surface area contributed by atoms with Crippen LogP contribution in [0.3, 0.4) is 0 Å². The van der Waals surface area contributed by atoms with E-state index in [1.165, 1.54) is 0 Å². The van der Waals surface area contributed by atoms with Crippen molar-refractivity contribution in [2.75, 3.05) is 25.1 Å². The average Bonchev–Trinajstić information content (AvgIpc) is 2.47. The standard InChI is InChI=1S/C16H19NO3/c1-12-4-5-13(3-2-8-18)15(11-12)17-16(19)14-6-9-20-10-7-14/h4-5,11,14,18H,6-10H2,1H3,(H,17,19). The van der Waals surface area contributed by atoms with Crippen molar-refractivity contribution in [1.29, 1.82) is 0 Å². The zero-order valence-electron chi connectivity index (χ0n) is 11.6. The van der Waals surface area contributed by atoms with Gasteiger partial charge in [-0.1, -0.05) is 17.9 Å². The van der Waals surface area contributed by atoms with E-state index < -0.39 is 0 Å². The molecule has 1 aromatic carbocycles. The van der Waals surface area contributed by atoms with Gasteiger partial charge in [-0.05, 0) is 37.5 Å². The second-order valence-electron chi connectivity index (χ2n) is 4.88. The van der Waals surface area contributed by atoms with Gasteiger partial charge in [0.05, 0.1) is 5.69 Å². The number of aryl methyl sites for hydroxylation is 1. The van der Waals surface area contributed by atoms with Gasteiger partial charge >= 0.3 is 0 Å². The number of hydrogen-bond donors (Lipinski definition) is 2. The van der Waals surface area contributed by atoms with Crippen LogP contribution >= 0.6 is 0 Å². The summed E-state index contributed by atoms with van der Waals surface area (Å²) < 4.78 is 5.27. The van der Waals surface area contributed by atoms with E-state index in [0.717, 1.165) is 24.0 Å². The number of amides is 1. The number of nitrogens with one attached hydrogen (secondary N) is 1. The molecule has 2 N–H and O–H groups in total. The van der Waals surface area contributed by atoms with Gasteiger partial charge in [-0.25, -0.2) is 0 Å². The molecule has 0 atom stereocenters. The third kappa shape index (κ3) is 3.83. The molecule has 0 aromatic heterocycles. The van der Waals surface area contributed by atoms with E-state index in [-0.39, 0.29) is 18.4 Å². The lowest BCUT2D eigenvalue weighted by atomic mass is 9.99. The summed E-state index contributed by atoms with van der Waals surface area (Å²) >= 11 is 0. The molecule has 1 heterocycles. The molecule has 20 heavy (non-hydrogen) atoms. The van der Waals surface area contributed by atoms with Crippen molar-refractivity contribution in [2.24, 2.45) is 5.92 Å². The van der Waals surface area contributed by atoms with E-state index in [4.69, 9.17) is 9.84 Å². The van der Waals surface area contributed by atoms with Gasteiger partial charge in [0.15, 0.2) is 0 Å². The van der Waals surface area contributed by atoms with Crippen LogP contribution in [0.4, 0.5) is 5.69 Å². The Hall–Kier alpha value is -1.83. The highest BCUT2D eigenvalue weighted by molar-refractivity contribution is 5.94. The number of rotatable bonds is 2. The van der Waals surface area contributed by atoms with E-state index >= 15 is 0 Å². The maximum absolute atomic E-state index is 12.2. The molecule has 0 radical (unpaired) electrons. The summed E-state index contributed by atoms with van der Waals surface area (Å²) in [6, 6.07) is 5.70. The lowest BCUT2D eigenvalue weighted by Gasteiger charge is -2.21. The molecule has 1 aliphatic rings. The quantitative estimate of drug-likeness (QED) is 0.806. The maximum Gasteiger partial charge on any atom is 0.227 e. The molecule has 1 amide bonds. The Morgan fingerprint density at radius 2 is 2.20 bits per heavy atom. The van der Waals surface area contributed by atoms with E-state index in [1.54, 1.807) is 0 Å². The Morgan fingerprint density at radius 3 is 2.90 bits per heavy atom. The predicted molar refractivity (Wildman–Crippen MR) is 77.3 cm³/mol. The highest BCUT2D eigenvalue weighted by atomic mass is 16.5. The zero-order valence-corrected chi connectivity index (χ0v) is 11.6. The van der Waals surface area contributed by atoms with Crippen LogP contribution in [-0.2, 0) is 9.53 Å². The van der Waals surface area contributed by atoms with E-state index in [1.807, 2.05) is 25.1 Å². The molecule has 0 bridgehead atoms. The monoisotopic (exact) mass is 273 g/mol. The van der Waals surface area contributed by atoms with Gasteiger partial charge in [0.25, 0.3) is 0 Å². The molecule has 0 unspecified atom stereocenters. The number of anilines is 1. The van der Waals surface area contributed by atoms with E-state index in [0.29, 0.717) is 18.9 Å². The first-order valence-electron chi connectivity index (χ1n) is 6.79. The smallest absolute Gasteiger partial charge is 0.227 e. The Balaban J connectivity index is 2.14. The van der Waals surface area contributed by atoms with Gasteiger partial charge < -0.3 is 15.2 Å².